The molecule has 1 fully saturated rings. The van der Waals surface area contributed by atoms with Crippen molar-refractivity contribution in [2.75, 3.05) is 46.1 Å². The van der Waals surface area contributed by atoms with Crippen LogP contribution in [0.5, 0.6) is 5.75 Å². The summed E-state index contributed by atoms with van der Waals surface area (Å²) in [5, 5.41) is 0. The summed E-state index contributed by atoms with van der Waals surface area (Å²) in [5.74, 6) is 1.14. The van der Waals surface area contributed by atoms with Gasteiger partial charge in [0.1, 0.15) is 19.0 Å². The highest BCUT2D eigenvalue weighted by Crippen LogP contribution is 2.23. The number of nitrogens with zero attached hydrogens (tertiary/aromatic N) is 2. The van der Waals surface area contributed by atoms with E-state index >= 15 is 0 Å². The first kappa shape index (κ1) is 24.1. The molecule has 2 amide bonds. The van der Waals surface area contributed by atoms with Gasteiger partial charge in [-0.3, -0.25) is 4.79 Å². The van der Waals surface area contributed by atoms with E-state index in [0.717, 1.165) is 31.2 Å². The van der Waals surface area contributed by atoms with Crippen molar-refractivity contribution < 1.29 is 23.5 Å². The van der Waals surface area contributed by atoms with E-state index < -0.39 is 6.67 Å². The summed E-state index contributed by atoms with van der Waals surface area (Å²) in [6.45, 7) is 3.64. The van der Waals surface area contributed by atoms with E-state index in [1.165, 1.54) is 12.8 Å². The molecule has 3 rings (SSSR count). The first-order valence-corrected chi connectivity index (χ1v) is 11.7. The molecule has 0 spiro atoms. The van der Waals surface area contributed by atoms with Crippen molar-refractivity contribution in [2.45, 2.75) is 45.4 Å². The molecule has 0 radical (unpaired) electrons. The van der Waals surface area contributed by atoms with E-state index in [1.807, 2.05) is 6.92 Å². The minimum absolute atomic E-state index is 0.00416. The zero-order valence-electron chi connectivity index (χ0n) is 19.1. The summed E-state index contributed by atoms with van der Waals surface area (Å²) in [4.78, 5) is 28.7. The molecule has 1 atom stereocenters. The van der Waals surface area contributed by atoms with Crippen molar-refractivity contribution in [3.05, 3.63) is 41.5 Å². The first-order valence-electron chi connectivity index (χ1n) is 11.7. The Kier molecular flexibility index (Phi) is 9.38. The van der Waals surface area contributed by atoms with Crippen molar-refractivity contribution >= 4 is 12.0 Å². The molecule has 1 unspecified atom stereocenters. The van der Waals surface area contributed by atoms with Crippen LogP contribution in [0, 0.1) is 12.8 Å². The van der Waals surface area contributed by atoms with E-state index in [9.17, 15) is 14.0 Å². The largest absolute Gasteiger partial charge is 0.491 e. The van der Waals surface area contributed by atoms with E-state index in [1.54, 1.807) is 28.0 Å². The van der Waals surface area contributed by atoms with Crippen LogP contribution in [-0.2, 0) is 4.74 Å². The average Bonchev–Trinajstić information content (AvgIpc) is 2.79. The number of hydrogen-bond donors (Lipinski definition) is 0. The van der Waals surface area contributed by atoms with Gasteiger partial charge in [-0.15, -0.1) is 0 Å². The van der Waals surface area contributed by atoms with Crippen molar-refractivity contribution in [3.8, 4) is 5.75 Å². The normalized spacial score (nSPS) is 20.2. The van der Waals surface area contributed by atoms with Gasteiger partial charge >= 0.3 is 6.09 Å². The monoisotopic (exact) mass is 446 g/mol. The third kappa shape index (κ3) is 6.97. The number of ether oxygens (including phenoxy) is 2. The Morgan fingerprint density at radius 1 is 1.03 bits per heavy atom. The highest BCUT2D eigenvalue weighted by molar-refractivity contribution is 5.94. The molecular formula is C25H35FN2O4. The van der Waals surface area contributed by atoms with Crippen molar-refractivity contribution in [3.63, 3.8) is 0 Å². The highest BCUT2D eigenvalue weighted by Gasteiger charge is 2.26. The van der Waals surface area contributed by atoms with Gasteiger partial charge in [-0.2, -0.15) is 0 Å². The predicted molar refractivity (Wildman–Crippen MR) is 122 cm³/mol. The van der Waals surface area contributed by atoms with Gasteiger partial charge in [-0.05, 0) is 68.7 Å². The predicted octanol–water partition coefficient (Wildman–Crippen LogP) is 4.76. The summed E-state index contributed by atoms with van der Waals surface area (Å²) >= 11 is 0. The molecule has 0 bridgehead atoms. The number of carbonyl (C=O) groups excluding carboxylic acids is 2. The topological polar surface area (TPSA) is 59.1 Å². The lowest BCUT2D eigenvalue weighted by atomic mass is 9.92. The summed E-state index contributed by atoms with van der Waals surface area (Å²) in [5.41, 5.74) is 1.37. The fourth-order valence-electron chi connectivity index (χ4n) is 4.30. The smallest absolute Gasteiger partial charge is 0.409 e. The van der Waals surface area contributed by atoms with Gasteiger partial charge < -0.3 is 19.3 Å². The lowest BCUT2D eigenvalue weighted by Gasteiger charge is -2.34. The van der Waals surface area contributed by atoms with Crippen LogP contribution in [0.25, 0.3) is 0 Å². The fourth-order valence-corrected chi connectivity index (χ4v) is 4.30. The Balaban J connectivity index is 1.41. The van der Waals surface area contributed by atoms with Crippen molar-refractivity contribution in [2.24, 2.45) is 5.92 Å². The Labute approximate surface area is 190 Å². The summed E-state index contributed by atoms with van der Waals surface area (Å²) < 4.78 is 23.2. The maximum atomic E-state index is 12.8. The molecular weight excluding hydrogens is 411 g/mol. The number of allylic oxidation sites excluding steroid dienone is 2. The van der Waals surface area contributed by atoms with Gasteiger partial charge in [-0.1, -0.05) is 18.6 Å². The Morgan fingerprint density at radius 2 is 1.78 bits per heavy atom. The third-order valence-corrected chi connectivity index (χ3v) is 6.22. The van der Waals surface area contributed by atoms with Gasteiger partial charge in [-0.25, -0.2) is 9.18 Å². The van der Waals surface area contributed by atoms with Gasteiger partial charge in [0.2, 0.25) is 0 Å². The molecule has 32 heavy (non-hydrogen) atoms. The number of halogens is 1. The molecule has 6 nitrogen and oxygen atoms in total. The number of rotatable bonds is 7. The van der Waals surface area contributed by atoms with Crippen LogP contribution in [-0.4, -0.2) is 67.9 Å². The second kappa shape index (κ2) is 12.5. The number of alkyl halides is 1. The maximum Gasteiger partial charge on any atom is 0.409 e. The number of hydrogen-bond acceptors (Lipinski definition) is 4. The molecule has 0 saturated carbocycles. The Bertz CT molecular complexity index is 790. The average molecular weight is 447 g/mol. The molecule has 1 aromatic rings. The minimum atomic E-state index is -0.551. The molecule has 1 aromatic carbocycles. The van der Waals surface area contributed by atoms with Crippen LogP contribution < -0.4 is 4.74 Å². The molecule has 1 saturated heterocycles. The van der Waals surface area contributed by atoms with E-state index in [4.69, 9.17) is 9.47 Å². The molecule has 1 aliphatic carbocycles. The number of carbonyl (C=O) groups is 2. The SMILES string of the molecule is Cc1cc(C(=O)N2CCN(C(=O)OCCC3CC/C=C\CCC3)CC2)ccc1OCCF. The molecule has 1 aliphatic heterocycles. The maximum absolute atomic E-state index is 12.8. The molecule has 1 heterocycles. The van der Waals surface area contributed by atoms with E-state index in [0.29, 0.717) is 50.0 Å². The number of amides is 2. The third-order valence-electron chi connectivity index (χ3n) is 6.22. The minimum Gasteiger partial charge on any atom is -0.491 e. The molecule has 0 aromatic heterocycles. The van der Waals surface area contributed by atoms with E-state index in [-0.39, 0.29) is 18.6 Å². The molecule has 176 valence electrons. The highest BCUT2D eigenvalue weighted by atomic mass is 19.1. The molecule has 2 aliphatic rings. The Morgan fingerprint density at radius 3 is 2.53 bits per heavy atom. The number of piperazine rings is 1. The number of benzene rings is 1. The Hall–Kier alpha value is -2.57. The second-order valence-corrected chi connectivity index (χ2v) is 8.55. The molecule has 0 N–H and O–H groups in total. The fraction of sp³-hybridized carbons (Fsp3) is 0.600. The van der Waals surface area contributed by atoms with Crippen LogP contribution in [0.3, 0.4) is 0 Å². The van der Waals surface area contributed by atoms with Crippen molar-refractivity contribution in [1.29, 1.82) is 0 Å². The van der Waals surface area contributed by atoms with Gasteiger partial charge in [0, 0.05) is 31.7 Å². The summed E-state index contributed by atoms with van der Waals surface area (Å²) in [7, 11) is 0. The lowest BCUT2D eigenvalue weighted by molar-refractivity contribution is 0.0546. The van der Waals surface area contributed by atoms with Gasteiger partial charge in [0.15, 0.2) is 0 Å². The van der Waals surface area contributed by atoms with E-state index in [2.05, 4.69) is 12.2 Å². The van der Waals surface area contributed by atoms with Crippen LogP contribution >= 0.6 is 0 Å². The first-order chi connectivity index (χ1) is 15.6. The van der Waals surface area contributed by atoms with Crippen LogP contribution in [0.15, 0.2) is 30.4 Å². The van der Waals surface area contributed by atoms with Gasteiger partial charge in [0.25, 0.3) is 5.91 Å². The van der Waals surface area contributed by atoms with Gasteiger partial charge in [0.05, 0.1) is 6.61 Å². The quantitative estimate of drug-likeness (QED) is 0.567. The van der Waals surface area contributed by atoms with Crippen molar-refractivity contribution in [1.82, 2.24) is 9.80 Å². The van der Waals surface area contributed by atoms with Crippen LogP contribution in [0.1, 0.15) is 54.4 Å². The number of aryl methyl sites for hydroxylation is 1. The zero-order valence-corrected chi connectivity index (χ0v) is 19.1. The van der Waals surface area contributed by atoms with Crippen LogP contribution in [0.2, 0.25) is 0 Å². The second-order valence-electron chi connectivity index (χ2n) is 8.55. The lowest BCUT2D eigenvalue weighted by Crippen LogP contribution is -2.50. The molecule has 7 heteroatoms. The standard InChI is InChI=1S/C25H35FN2O4/c1-20-19-22(9-10-23(20)31-18-12-26)24(29)27-13-15-28(16-14-27)25(30)32-17-11-21-7-5-3-2-4-6-8-21/h2-3,9-10,19,21H,4-8,11-18H2,1H3/b3-2-. The summed E-state index contributed by atoms with van der Waals surface area (Å²) in [6.07, 6.45) is 11.0. The summed E-state index contributed by atoms with van der Waals surface area (Å²) in [6, 6.07) is 5.18. The van der Waals surface area contributed by atoms with Crippen LogP contribution in [0.4, 0.5) is 9.18 Å². The zero-order chi connectivity index (χ0) is 22.8.